The van der Waals surface area contributed by atoms with Gasteiger partial charge in [-0.3, -0.25) is 4.21 Å². The van der Waals surface area contributed by atoms with Crippen LogP contribution >= 0.6 is 0 Å². The minimum atomic E-state index is -2.66. The Morgan fingerprint density at radius 2 is 1.81 bits per heavy atom. The molecule has 1 heterocycles. The van der Waals surface area contributed by atoms with Crippen LogP contribution in [0.2, 0.25) is 0 Å². The largest absolute Gasteiger partial charge is 0.306 e. The van der Waals surface area contributed by atoms with Gasteiger partial charge < -0.3 is 4.90 Å². The lowest BCUT2D eigenvalue weighted by Gasteiger charge is -2.31. The quantitative estimate of drug-likeness (QED) is 0.830. The van der Waals surface area contributed by atoms with E-state index >= 15 is 0 Å². The van der Waals surface area contributed by atoms with Crippen molar-refractivity contribution in [3.63, 3.8) is 0 Å². The fraction of sp³-hybridized carbons (Fsp3) is 0.625. The molecule has 0 aliphatic carbocycles. The first-order chi connectivity index (χ1) is 9.85. The van der Waals surface area contributed by atoms with Crippen LogP contribution in [0.4, 0.5) is 8.78 Å². The van der Waals surface area contributed by atoms with Gasteiger partial charge in [0.05, 0.1) is 0 Å². The maximum atomic E-state index is 14.2. The van der Waals surface area contributed by atoms with Crippen molar-refractivity contribution in [2.24, 2.45) is 5.92 Å². The first-order valence-electron chi connectivity index (χ1n) is 7.34. The number of hydrogen-bond donors (Lipinski definition) is 0. The first kappa shape index (κ1) is 16.6. The summed E-state index contributed by atoms with van der Waals surface area (Å²) in [7, 11) is 0.974. The molecule has 1 unspecified atom stereocenters. The van der Waals surface area contributed by atoms with Gasteiger partial charge >= 0.3 is 0 Å². The van der Waals surface area contributed by atoms with Gasteiger partial charge in [-0.25, -0.2) is 8.78 Å². The molecule has 21 heavy (non-hydrogen) atoms. The highest BCUT2D eigenvalue weighted by Crippen LogP contribution is 2.32. The smallest absolute Gasteiger partial charge is 0.252 e. The topological polar surface area (TPSA) is 20.3 Å². The maximum absolute atomic E-state index is 14.2. The Kier molecular flexibility index (Phi) is 5.49. The molecule has 0 bridgehead atoms. The van der Waals surface area contributed by atoms with Crippen LogP contribution < -0.4 is 0 Å². The standard InChI is InChI=1S/C16H23F2NOS/c1-19-9-7-14(8-10-19)12-16(17,18)11-13-3-5-15(6-4-13)21(2)20/h3-6,14H,7-12H2,1-2H3. The Morgan fingerprint density at radius 1 is 1.24 bits per heavy atom. The zero-order valence-electron chi connectivity index (χ0n) is 12.6. The van der Waals surface area contributed by atoms with E-state index in [1.165, 1.54) is 0 Å². The third kappa shape index (κ3) is 5.15. The van der Waals surface area contributed by atoms with Gasteiger partial charge in [0.1, 0.15) is 0 Å². The van der Waals surface area contributed by atoms with E-state index in [2.05, 4.69) is 4.90 Å². The summed E-state index contributed by atoms with van der Waals surface area (Å²) in [5.74, 6) is -2.54. The highest BCUT2D eigenvalue weighted by Gasteiger charge is 2.33. The van der Waals surface area contributed by atoms with E-state index in [1.54, 1.807) is 30.5 Å². The average Bonchev–Trinajstić information content (AvgIpc) is 2.41. The zero-order valence-corrected chi connectivity index (χ0v) is 13.5. The monoisotopic (exact) mass is 315 g/mol. The SMILES string of the molecule is CN1CCC(CC(F)(F)Cc2ccc(S(C)=O)cc2)CC1. The molecule has 118 valence electrons. The minimum absolute atomic E-state index is 0.0255. The molecular weight excluding hydrogens is 292 g/mol. The van der Waals surface area contributed by atoms with E-state index in [4.69, 9.17) is 0 Å². The molecule has 1 aliphatic rings. The molecule has 2 rings (SSSR count). The summed E-state index contributed by atoms with van der Waals surface area (Å²) in [6.07, 6.45) is 3.06. The fourth-order valence-electron chi connectivity index (χ4n) is 2.86. The lowest BCUT2D eigenvalue weighted by atomic mass is 9.89. The molecule has 1 saturated heterocycles. The van der Waals surface area contributed by atoms with Crippen LogP contribution in [0.1, 0.15) is 24.8 Å². The molecule has 1 aliphatic heterocycles. The second kappa shape index (κ2) is 6.97. The van der Waals surface area contributed by atoms with Gasteiger partial charge in [-0.05, 0) is 56.6 Å². The minimum Gasteiger partial charge on any atom is -0.306 e. The second-order valence-corrected chi connectivity index (χ2v) is 7.46. The number of nitrogens with zero attached hydrogens (tertiary/aromatic N) is 1. The molecule has 0 spiro atoms. The molecule has 1 aromatic rings. The van der Waals surface area contributed by atoms with Crippen molar-refractivity contribution >= 4 is 10.8 Å². The lowest BCUT2D eigenvalue weighted by molar-refractivity contribution is -0.0297. The number of alkyl halides is 2. The molecule has 0 amide bonds. The fourth-order valence-corrected chi connectivity index (χ4v) is 3.38. The third-order valence-electron chi connectivity index (χ3n) is 4.14. The van der Waals surface area contributed by atoms with Gasteiger partial charge in [0.2, 0.25) is 0 Å². The van der Waals surface area contributed by atoms with Crippen molar-refractivity contribution in [3.05, 3.63) is 29.8 Å². The van der Waals surface area contributed by atoms with Crippen molar-refractivity contribution in [1.29, 1.82) is 0 Å². The van der Waals surface area contributed by atoms with Crippen molar-refractivity contribution in [3.8, 4) is 0 Å². The summed E-state index contributed by atoms with van der Waals surface area (Å²) >= 11 is 0. The van der Waals surface area contributed by atoms with Crippen LogP contribution in [0.15, 0.2) is 29.2 Å². The first-order valence-corrected chi connectivity index (χ1v) is 8.90. The molecule has 1 aromatic carbocycles. The van der Waals surface area contributed by atoms with Crippen LogP contribution in [-0.2, 0) is 17.2 Å². The van der Waals surface area contributed by atoms with E-state index in [-0.39, 0.29) is 18.8 Å². The molecule has 0 saturated carbocycles. The van der Waals surface area contributed by atoms with Gasteiger partial charge in [0, 0.05) is 34.8 Å². The number of hydrogen-bond acceptors (Lipinski definition) is 2. The van der Waals surface area contributed by atoms with Crippen LogP contribution in [-0.4, -0.2) is 41.4 Å². The van der Waals surface area contributed by atoms with Gasteiger partial charge in [-0.2, -0.15) is 0 Å². The van der Waals surface area contributed by atoms with Gasteiger partial charge in [-0.15, -0.1) is 0 Å². The van der Waals surface area contributed by atoms with Crippen LogP contribution in [0.25, 0.3) is 0 Å². The van der Waals surface area contributed by atoms with Crippen LogP contribution in [0.3, 0.4) is 0 Å². The summed E-state index contributed by atoms with van der Waals surface area (Å²) in [6.45, 7) is 1.83. The van der Waals surface area contributed by atoms with E-state index in [1.807, 2.05) is 7.05 Å². The number of piperidine rings is 1. The van der Waals surface area contributed by atoms with Gasteiger partial charge in [-0.1, -0.05) is 12.1 Å². The van der Waals surface area contributed by atoms with Crippen LogP contribution in [0.5, 0.6) is 0 Å². The van der Waals surface area contributed by atoms with Gasteiger partial charge in [0.15, 0.2) is 0 Å². The Morgan fingerprint density at radius 3 is 2.33 bits per heavy atom. The Bertz CT molecular complexity index is 482. The number of likely N-dealkylation sites (tertiary alicyclic amines) is 1. The summed E-state index contributed by atoms with van der Waals surface area (Å²) in [4.78, 5) is 2.87. The van der Waals surface area contributed by atoms with Gasteiger partial charge in [0.25, 0.3) is 5.92 Å². The van der Waals surface area contributed by atoms with E-state index in [0.29, 0.717) is 10.5 Å². The predicted octanol–water partition coefficient (Wildman–Crippen LogP) is 3.33. The third-order valence-corrected chi connectivity index (χ3v) is 5.08. The highest BCUT2D eigenvalue weighted by atomic mass is 32.2. The molecule has 0 aromatic heterocycles. The molecular formula is C16H23F2NOS. The Balaban J connectivity index is 1.92. The lowest BCUT2D eigenvalue weighted by Crippen LogP contribution is -2.33. The van der Waals surface area contributed by atoms with E-state index < -0.39 is 16.7 Å². The average molecular weight is 315 g/mol. The van der Waals surface area contributed by atoms with Crippen molar-refractivity contribution in [2.45, 2.75) is 36.5 Å². The summed E-state index contributed by atoms with van der Waals surface area (Å²) < 4.78 is 39.6. The second-order valence-electron chi connectivity index (χ2n) is 6.08. The molecule has 0 radical (unpaired) electrons. The maximum Gasteiger partial charge on any atom is 0.252 e. The summed E-state index contributed by atoms with van der Waals surface area (Å²) in [5, 5.41) is 0. The van der Waals surface area contributed by atoms with E-state index in [0.717, 1.165) is 25.9 Å². The Hall–Kier alpha value is -0.810. The molecule has 1 atom stereocenters. The van der Waals surface area contributed by atoms with E-state index in [9.17, 15) is 13.0 Å². The molecule has 0 N–H and O–H groups in total. The molecule has 2 nitrogen and oxygen atoms in total. The number of halogens is 2. The molecule has 5 heteroatoms. The van der Waals surface area contributed by atoms with Crippen molar-refractivity contribution in [2.75, 3.05) is 26.4 Å². The van der Waals surface area contributed by atoms with Crippen LogP contribution in [0, 0.1) is 5.92 Å². The van der Waals surface area contributed by atoms with Crippen molar-refractivity contribution < 1.29 is 13.0 Å². The summed E-state index contributed by atoms with van der Waals surface area (Å²) in [5.41, 5.74) is 0.613. The number of rotatable bonds is 5. The Labute approximate surface area is 128 Å². The van der Waals surface area contributed by atoms with Crippen molar-refractivity contribution in [1.82, 2.24) is 4.90 Å². The highest BCUT2D eigenvalue weighted by molar-refractivity contribution is 7.84. The predicted molar refractivity (Wildman–Crippen MR) is 82.3 cm³/mol. The summed E-state index contributed by atoms with van der Waals surface area (Å²) in [6, 6.07) is 6.69. The normalized spacial score (nSPS) is 19.6. The zero-order chi connectivity index (χ0) is 15.5. The molecule has 1 fully saturated rings. The number of benzene rings is 1.